The van der Waals surface area contributed by atoms with Crippen molar-refractivity contribution in [2.45, 2.75) is 11.3 Å². The summed E-state index contributed by atoms with van der Waals surface area (Å²) in [5.74, 6) is -9.15. The van der Waals surface area contributed by atoms with Crippen molar-refractivity contribution in [2.24, 2.45) is 0 Å². The molecule has 0 aliphatic carbocycles. The number of rotatable bonds is 4. The zero-order valence-electron chi connectivity index (χ0n) is 15.7. The lowest BCUT2D eigenvalue weighted by atomic mass is 10.00. The lowest BCUT2D eigenvalue weighted by Crippen LogP contribution is -2.36. The first-order valence-corrected chi connectivity index (χ1v) is 10.4. The SMILES string of the molecule is COc1c(F)c(F)c(S(=O)(=O)N2CC=C(c3c[nH]c4ccccc34)CC2)c(F)c1F. The van der Waals surface area contributed by atoms with Gasteiger partial charge < -0.3 is 9.72 Å². The van der Waals surface area contributed by atoms with Crippen molar-refractivity contribution in [2.75, 3.05) is 20.2 Å². The molecular weight excluding hydrogens is 424 g/mol. The number of halogens is 4. The summed E-state index contributed by atoms with van der Waals surface area (Å²) < 4.78 is 87.3. The summed E-state index contributed by atoms with van der Waals surface area (Å²) >= 11 is 0. The minimum atomic E-state index is -4.83. The molecule has 0 saturated carbocycles. The van der Waals surface area contributed by atoms with E-state index in [0.29, 0.717) is 0 Å². The number of aromatic nitrogens is 1. The van der Waals surface area contributed by atoms with Crippen molar-refractivity contribution in [1.29, 1.82) is 0 Å². The first kappa shape index (κ1) is 20.4. The Morgan fingerprint density at radius 2 is 1.70 bits per heavy atom. The summed E-state index contributed by atoms with van der Waals surface area (Å²) in [6.45, 7) is -0.312. The van der Waals surface area contributed by atoms with E-state index < -0.39 is 43.9 Å². The molecule has 30 heavy (non-hydrogen) atoms. The van der Waals surface area contributed by atoms with Crippen LogP contribution >= 0.6 is 0 Å². The predicted octanol–water partition coefficient (Wildman–Crippen LogP) is 4.21. The van der Waals surface area contributed by atoms with Gasteiger partial charge in [-0.1, -0.05) is 24.3 Å². The Balaban J connectivity index is 1.70. The first-order chi connectivity index (χ1) is 14.3. The van der Waals surface area contributed by atoms with Crippen LogP contribution in [0.15, 0.2) is 41.4 Å². The monoisotopic (exact) mass is 440 g/mol. The molecule has 0 bridgehead atoms. The highest BCUT2D eigenvalue weighted by Gasteiger charge is 2.37. The summed E-state index contributed by atoms with van der Waals surface area (Å²) in [6, 6.07) is 7.57. The molecule has 1 aliphatic rings. The van der Waals surface area contributed by atoms with E-state index in [1.165, 1.54) is 0 Å². The van der Waals surface area contributed by atoms with Gasteiger partial charge in [0.25, 0.3) is 0 Å². The number of nitrogens with one attached hydrogen (secondary N) is 1. The minimum Gasteiger partial charge on any atom is -0.491 e. The molecule has 1 N–H and O–H groups in total. The fourth-order valence-corrected chi connectivity index (χ4v) is 5.07. The summed E-state index contributed by atoms with van der Waals surface area (Å²) in [6.07, 6.45) is 3.67. The van der Waals surface area contributed by atoms with Gasteiger partial charge in [-0.05, 0) is 18.1 Å². The molecule has 1 aromatic heterocycles. The molecule has 1 aliphatic heterocycles. The number of fused-ring (bicyclic) bond motifs is 1. The Labute approximate surface area is 169 Å². The molecule has 2 aromatic carbocycles. The molecule has 0 amide bonds. The van der Waals surface area contributed by atoms with Gasteiger partial charge in [0.2, 0.25) is 21.7 Å². The highest BCUT2D eigenvalue weighted by Crippen LogP contribution is 2.35. The number of benzene rings is 2. The van der Waals surface area contributed by atoms with Crippen LogP contribution in [0.2, 0.25) is 0 Å². The van der Waals surface area contributed by atoms with Crippen molar-refractivity contribution < 1.29 is 30.7 Å². The quantitative estimate of drug-likeness (QED) is 0.488. The van der Waals surface area contributed by atoms with Gasteiger partial charge in [0.15, 0.2) is 22.3 Å². The molecule has 0 spiro atoms. The standard InChI is InChI=1S/C20H16F4N2O3S/c1-29-19-15(21)17(23)20(18(24)16(19)22)30(27,28)26-8-6-11(7-9-26)13-10-25-14-5-3-2-4-12(13)14/h2-6,10,25H,7-9H2,1H3. The lowest BCUT2D eigenvalue weighted by molar-refractivity contribution is 0.320. The van der Waals surface area contributed by atoms with Crippen LogP contribution in [0.3, 0.4) is 0 Å². The third-order valence-corrected chi connectivity index (χ3v) is 6.98. The summed E-state index contributed by atoms with van der Waals surface area (Å²) in [4.78, 5) is 1.46. The average Bonchev–Trinajstić information content (AvgIpc) is 3.17. The van der Waals surface area contributed by atoms with Crippen molar-refractivity contribution >= 4 is 26.5 Å². The Morgan fingerprint density at radius 3 is 2.30 bits per heavy atom. The number of nitrogens with zero attached hydrogens (tertiary/aromatic N) is 1. The van der Waals surface area contributed by atoms with Crippen LogP contribution in [-0.2, 0) is 10.0 Å². The van der Waals surface area contributed by atoms with Crippen LogP contribution in [0, 0.1) is 23.3 Å². The van der Waals surface area contributed by atoms with E-state index >= 15 is 0 Å². The Bertz CT molecular complexity index is 1260. The molecule has 2 heterocycles. The van der Waals surface area contributed by atoms with Crippen molar-refractivity contribution in [1.82, 2.24) is 9.29 Å². The van der Waals surface area contributed by atoms with Crippen LogP contribution in [0.25, 0.3) is 16.5 Å². The highest BCUT2D eigenvalue weighted by atomic mass is 32.2. The van der Waals surface area contributed by atoms with Crippen molar-refractivity contribution in [3.05, 3.63) is 65.4 Å². The smallest absolute Gasteiger partial charge is 0.249 e. The summed E-state index contributed by atoms with van der Waals surface area (Å²) in [5.41, 5.74) is 2.66. The maximum atomic E-state index is 14.3. The molecule has 0 radical (unpaired) electrons. The van der Waals surface area contributed by atoms with Gasteiger partial charge in [0, 0.05) is 35.8 Å². The van der Waals surface area contributed by atoms with E-state index in [9.17, 15) is 26.0 Å². The Kier molecular flexibility index (Phi) is 5.07. The second-order valence-electron chi connectivity index (χ2n) is 6.71. The summed E-state index contributed by atoms with van der Waals surface area (Å²) in [7, 11) is -4.02. The molecule has 0 atom stereocenters. The fraction of sp³-hybridized carbons (Fsp3) is 0.200. The molecule has 0 fully saturated rings. The van der Waals surface area contributed by atoms with E-state index in [1.54, 1.807) is 12.3 Å². The van der Waals surface area contributed by atoms with Crippen LogP contribution in [0.5, 0.6) is 5.75 Å². The third-order valence-electron chi connectivity index (χ3n) is 5.09. The zero-order valence-corrected chi connectivity index (χ0v) is 16.5. The largest absolute Gasteiger partial charge is 0.491 e. The Morgan fingerprint density at radius 1 is 1.03 bits per heavy atom. The van der Waals surface area contributed by atoms with E-state index in [-0.39, 0.29) is 19.5 Å². The molecule has 4 rings (SSSR count). The third kappa shape index (κ3) is 3.07. The molecule has 0 unspecified atom stereocenters. The number of hydrogen-bond donors (Lipinski definition) is 1. The normalized spacial score (nSPS) is 15.4. The number of ether oxygens (including phenoxy) is 1. The number of aromatic amines is 1. The van der Waals surface area contributed by atoms with Crippen molar-refractivity contribution in [3.63, 3.8) is 0 Å². The second-order valence-corrected chi connectivity index (χ2v) is 8.58. The zero-order chi connectivity index (χ0) is 21.6. The number of H-pyrrole nitrogens is 1. The van der Waals surface area contributed by atoms with Gasteiger partial charge in [-0.2, -0.15) is 13.1 Å². The lowest BCUT2D eigenvalue weighted by Gasteiger charge is -2.26. The molecule has 10 heteroatoms. The maximum absolute atomic E-state index is 14.3. The van der Waals surface area contributed by atoms with E-state index in [0.717, 1.165) is 33.5 Å². The summed E-state index contributed by atoms with van der Waals surface area (Å²) in [5, 5.41) is 0.955. The molecule has 0 saturated heterocycles. The second kappa shape index (κ2) is 7.44. The molecular formula is C20H16F4N2O3S. The average molecular weight is 440 g/mol. The van der Waals surface area contributed by atoms with Gasteiger partial charge in [-0.15, -0.1) is 0 Å². The van der Waals surface area contributed by atoms with Gasteiger partial charge >= 0.3 is 0 Å². The van der Waals surface area contributed by atoms with Crippen LogP contribution in [0.4, 0.5) is 17.6 Å². The van der Waals surface area contributed by atoms with E-state index in [2.05, 4.69) is 9.72 Å². The fourth-order valence-electron chi connectivity index (χ4n) is 3.58. The topological polar surface area (TPSA) is 62.4 Å². The van der Waals surface area contributed by atoms with Crippen molar-refractivity contribution in [3.8, 4) is 5.75 Å². The van der Waals surface area contributed by atoms with Gasteiger partial charge in [-0.3, -0.25) is 0 Å². The number of hydrogen-bond acceptors (Lipinski definition) is 3. The van der Waals surface area contributed by atoms with Crippen LogP contribution in [-0.4, -0.2) is 37.9 Å². The minimum absolute atomic E-state index is 0.109. The highest BCUT2D eigenvalue weighted by molar-refractivity contribution is 7.89. The van der Waals surface area contributed by atoms with Crippen LogP contribution in [0.1, 0.15) is 12.0 Å². The number of methoxy groups -OCH3 is 1. The predicted molar refractivity (Wildman–Crippen MR) is 102 cm³/mol. The van der Waals surface area contributed by atoms with Gasteiger partial charge in [0.05, 0.1) is 7.11 Å². The maximum Gasteiger partial charge on any atom is 0.249 e. The number of para-hydroxylation sites is 1. The van der Waals surface area contributed by atoms with Gasteiger partial charge in [0.1, 0.15) is 0 Å². The number of sulfonamides is 1. The van der Waals surface area contributed by atoms with Crippen LogP contribution < -0.4 is 4.74 Å². The first-order valence-electron chi connectivity index (χ1n) is 8.93. The van der Waals surface area contributed by atoms with E-state index in [1.807, 2.05) is 24.3 Å². The Hall–Kier alpha value is -2.85. The van der Waals surface area contributed by atoms with E-state index in [4.69, 9.17) is 0 Å². The molecule has 3 aromatic rings. The molecule has 158 valence electrons. The van der Waals surface area contributed by atoms with Gasteiger partial charge in [-0.25, -0.2) is 17.2 Å². The molecule has 5 nitrogen and oxygen atoms in total.